The first-order valence-electron chi connectivity index (χ1n) is 6.12. The van der Waals surface area contributed by atoms with Crippen LogP contribution in [0.1, 0.15) is 47.5 Å². The van der Waals surface area contributed by atoms with E-state index in [4.69, 9.17) is 9.05 Å². The molecule has 0 radical (unpaired) electrons. The minimum Gasteiger partial charge on any atom is -0.308 e. The number of nitrogens with one attached hydrogen (secondary N) is 1. The predicted octanol–water partition coefficient (Wildman–Crippen LogP) is 3.38. The molecule has 2 unspecified atom stereocenters. The van der Waals surface area contributed by atoms with Gasteiger partial charge in [0.1, 0.15) is 5.78 Å². The highest BCUT2D eigenvalue weighted by molar-refractivity contribution is 7.54. The molecule has 5 heteroatoms. The average Bonchev–Trinajstić information content (AvgIpc) is 2.17. The van der Waals surface area contributed by atoms with Gasteiger partial charge in [-0.3, -0.25) is 4.57 Å². The van der Waals surface area contributed by atoms with E-state index < -0.39 is 7.60 Å². The third kappa shape index (κ3) is 6.00. The lowest BCUT2D eigenvalue weighted by Gasteiger charge is -2.26. The molecule has 0 aromatic carbocycles. The normalized spacial score (nSPS) is 17.4. The monoisotopic (exact) mass is 251 g/mol. The summed E-state index contributed by atoms with van der Waals surface area (Å²) in [6.45, 7) is 10.8. The summed E-state index contributed by atoms with van der Waals surface area (Å²) < 4.78 is 23.2. The van der Waals surface area contributed by atoms with Crippen LogP contribution in [0.15, 0.2) is 0 Å². The van der Waals surface area contributed by atoms with Gasteiger partial charge in [0.25, 0.3) is 0 Å². The fourth-order valence-electron chi connectivity index (χ4n) is 1.31. The van der Waals surface area contributed by atoms with Gasteiger partial charge in [0.05, 0.1) is 12.7 Å². The Labute approximate surface area is 99.6 Å². The van der Waals surface area contributed by atoms with E-state index in [9.17, 15) is 4.57 Å². The van der Waals surface area contributed by atoms with Crippen molar-refractivity contribution in [3.8, 4) is 0 Å². The van der Waals surface area contributed by atoms with Gasteiger partial charge < -0.3 is 14.4 Å². The molecule has 98 valence electrons. The molecule has 0 spiro atoms. The van der Waals surface area contributed by atoms with E-state index in [-0.39, 0.29) is 11.9 Å². The molecule has 0 aliphatic rings. The van der Waals surface area contributed by atoms with Gasteiger partial charge in [-0.2, -0.15) is 0 Å². The molecule has 16 heavy (non-hydrogen) atoms. The average molecular weight is 251 g/mol. The molecule has 4 nitrogen and oxygen atoms in total. The van der Waals surface area contributed by atoms with E-state index >= 15 is 0 Å². The first-order chi connectivity index (χ1) is 7.46. The maximum Gasteiger partial charge on any atom is 0.347 e. The van der Waals surface area contributed by atoms with Crippen molar-refractivity contribution in [2.45, 2.75) is 59.3 Å². The minimum atomic E-state index is -3.02. The Kier molecular flexibility index (Phi) is 8.29. The molecule has 0 aliphatic heterocycles. The van der Waals surface area contributed by atoms with Gasteiger partial charge in [-0.1, -0.05) is 13.3 Å². The van der Waals surface area contributed by atoms with E-state index in [1.807, 2.05) is 27.7 Å². The van der Waals surface area contributed by atoms with Crippen LogP contribution in [0.25, 0.3) is 0 Å². The lowest BCUT2D eigenvalue weighted by molar-refractivity contribution is 0.164. The summed E-state index contributed by atoms with van der Waals surface area (Å²) in [6, 6.07) is 0. The molecule has 0 aromatic rings. The smallest absolute Gasteiger partial charge is 0.308 e. The Morgan fingerprint density at radius 2 is 1.88 bits per heavy atom. The van der Waals surface area contributed by atoms with Crippen molar-refractivity contribution in [2.75, 3.05) is 13.2 Å². The number of hydrogen-bond acceptors (Lipinski definition) is 4. The minimum absolute atomic E-state index is 0.0900. The summed E-state index contributed by atoms with van der Waals surface area (Å²) in [7, 11) is -3.02. The molecule has 0 heterocycles. The molecule has 0 fully saturated rings. The summed E-state index contributed by atoms with van der Waals surface area (Å²) in [5.74, 6) is -0.249. The second-order valence-corrected chi connectivity index (χ2v) is 6.42. The largest absolute Gasteiger partial charge is 0.347 e. The maximum atomic E-state index is 12.4. The quantitative estimate of drug-likeness (QED) is 0.504. The van der Waals surface area contributed by atoms with E-state index in [1.54, 1.807) is 0 Å². The van der Waals surface area contributed by atoms with E-state index in [2.05, 4.69) is 12.2 Å². The standard InChI is InChI=1S/C11H26NO3P/c1-6-8-9-12-11(5)16(13,14-7-2)15-10(3)4/h10-12H,6-9H2,1-5H3. The van der Waals surface area contributed by atoms with Crippen LogP contribution in [0, 0.1) is 0 Å². The lowest BCUT2D eigenvalue weighted by Crippen LogP contribution is -2.29. The SMILES string of the molecule is CCCCNC(C)P(=O)(OCC)OC(C)C. The molecule has 0 rings (SSSR count). The highest BCUT2D eigenvalue weighted by Gasteiger charge is 2.32. The molecule has 1 N–H and O–H groups in total. The Balaban J connectivity index is 4.32. The van der Waals surface area contributed by atoms with E-state index in [0.29, 0.717) is 6.61 Å². The van der Waals surface area contributed by atoms with Crippen molar-refractivity contribution in [1.82, 2.24) is 5.32 Å². The first-order valence-corrected chi connectivity index (χ1v) is 7.73. The van der Waals surface area contributed by atoms with E-state index in [1.165, 1.54) is 0 Å². The molecule has 0 saturated carbocycles. The maximum absolute atomic E-state index is 12.4. The highest BCUT2D eigenvalue weighted by Crippen LogP contribution is 2.52. The zero-order valence-corrected chi connectivity index (χ0v) is 12.0. The molecule has 0 aromatic heterocycles. The summed E-state index contributed by atoms with van der Waals surface area (Å²) in [5, 5.41) is 3.20. The molecule has 0 amide bonds. The lowest BCUT2D eigenvalue weighted by atomic mass is 10.3. The van der Waals surface area contributed by atoms with Crippen molar-refractivity contribution in [1.29, 1.82) is 0 Å². The Morgan fingerprint density at radius 1 is 1.25 bits per heavy atom. The predicted molar refractivity (Wildman–Crippen MR) is 67.8 cm³/mol. The Bertz CT molecular complexity index is 221. The number of hydrogen-bond donors (Lipinski definition) is 1. The fourth-order valence-corrected chi connectivity index (χ4v) is 3.07. The van der Waals surface area contributed by atoms with Crippen molar-refractivity contribution in [2.24, 2.45) is 0 Å². The first kappa shape index (κ1) is 16.1. The number of unbranched alkanes of at least 4 members (excludes halogenated alkanes) is 1. The highest BCUT2D eigenvalue weighted by atomic mass is 31.2. The van der Waals surface area contributed by atoms with Gasteiger partial charge in [0, 0.05) is 0 Å². The van der Waals surface area contributed by atoms with Crippen LogP contribution in [0.5, 0.6) is 0 Å². The van der Waals surface area contributed by atoms with Crippen LogP contribution in [0.2, 0.25) is 0 Å². The van der Waals surface area contributed by atoms with Crippen LogP contribution in [-0.4, -0.2) is 25.0 Å². The second-order valence-electron chi connectivity index (χ2n) is 4.10. The molecular formula is C11H26NO3P. The van der Waals surface area contributed by atoms with Crippen molar-refractivity contribution >= 4 is 7.60 Å². The van der Waals surface area contributed by atoms with Gasteiger partial charge in [0.2, 0.25) is 0 Å². The fraction of sp³-hybridized carbons (Fsp3) is 1.00. The zero-order chi connectivity index (χ0) is 12.6. The third-order valence-corrected chi connectivity index (χ3v) is 4.58. The van der Waals surface area contributed by atoms with Crippen molar-refractivity contribution in [3.05, 3.63) is 0 Å². The molecule has 0 aliphatic carbocycles. The molecule has 0 saturated heterocycles. The molecular weight excluding hydrogens is 225 g/mol. The van der Waals surface area contributed by atoms with Gasteiger partial charge in [-0.05, 0) is 40.7 Å². The number of rotatable bonds is 9. The van der Waals surface area contributed by atoms with E-state index in [0.717, 1.165) is 19.4 Å². The molecule has 0 bridgehead atoms. The van der Waals surface area contributed by atoms with Crippen LogP contribution in [-0.2, 0) is 13.6 Å². The third-order valence-electron chi connectivity index (χ3n) is 2.11. The summed E-state index contributed by atoms with van der Waals surface area (Å²) in [5.41, 5.74) is 0. The Morgan fingerprint density at radius 3 is 2.31 bits per heavy atom. The van der Waals surface area contributed by atoms with Crippen molar-refractivity contribution < 1.29 is 13.6 Å². The molecule has 2 atom stereocenters. The van der Waals surface area contributed by atoms with Crippen molar-refractivity contribution in [3.63, 3.8) is 0 Å². The van der Waals surface area contributed by atoms with Gasteiger partial charge in [-0.15, -0.1) is 0 Å². The van der Waals surface area contributed by atoms with Crippen LogP contribution < -0.4 is 5.32 Å². The van der Waals surface area contributed by atoms with Gasteiger partial charge >= 0.3 is 7.60 Å². The van der Waals surface area contributed by atoms with Gasteiger partial charge in [-0.25, -0.2) is 0 Å². The summed E-state index contributed by atoms with van der Waals surface area (Å²) in [4.78, 5) is 0. The summed E-state index contributed by atoms with van der Waals surface area (Å²) >= 11 is 0. The van der Waals surface area contributed by atoms with Crippen LogP contribution >= 0.6 is 7.60 Å². The zero-order valence-electron chi connectivity index (χ0n) is 11.2. The van der Waals surface area contributed by atoms with Gasteiger partial charge in [0.15, 0.2) is 0 Å². The Hall–Kier alpha value is 0.110. The summed E-state index contributed by atoms with van der Waals surface area (Å²) in [6.07, 6.45) is 2.09. The second kappa shape index (κ2) is 8.24. The topological polar surface area (TPSA) is 47.6 Å². The van der Waals surface area contributed by atoms with Crippen LogP contribution in [0.3, 0.4) is 0 Å². The van der Waals surface area contributed by atoms with Crippen LogP contribution in [0.4, 0.5) is 0 Å².